The molecule has 2 nitrogen and oxygen atoms in total. The van der Waals surface area contributed by atoms with Crippen LogP contribution in [-0.4, -0.2) is 5.84 Å². The van der Waals surface area contributed by atoms with Crippen LogP contribution in [0.5, 0.6) is 0 Å². The van der Waals surface area contributed by atoms with Crippen molar-refractivity contribution < 1.29 is 4.39 Å². The Bertz CT molecular complexity index is 361. The number of nitrogens with zero attached hydrogens (tertiary/aromatic N) is 1. The smallest absolute Gasteiger partial charge is 0.124 e. The van der Waals surface area contributed by atoms with E-state index < -0.39 is 0 Å². The zero-order valence-electron chi connectivity index (χ0n) is 8.09. The number of rotatable bonds is 2. The van der Waals surface area contributed by atoms with E-state index in [-0.39, 0.29) is 11.7 Å². The Morgan fingerprint density at radius 1 is 1.50 bits per heavy atom. The monoisotopic (exact) mass is 306 g/mol. The third kappa shape index (κ3) is 2.94. The van der Waals surface area contributed by atoms with Gasteiger partial charge in [-0.25, -0.2) is 9.38 Å². The molecule has 0 unspecified atom stereocenters. The topological polar surface area (TPSA) is 38.4 Å². The van der Waals surface area contributed by atoms with Crippen molar-refractivity contribution in [3.8, 4) is 0 Å². The molecule has 2 N–H and O–H groups in total. The van der Waals surface area contributed by atoms with Crippen LogP contribution in [0.25, 0.3) is 0 Å². The number of nitrogens with two attached hydrogens (primary N) is 1. The molecule has 14 heavy (non-hydrogen) atoms. The number of hydrogen-bond acceptors (Lipinski definition) is 1. The minimum atomic E-state index is -0.253. The fraction of sp³-hybridized carbons (Fsp3) is 0.300. The molecular formula is C10H12FIN2. The minimum Gasteiger partial charge on any atom is -0.387 e. The van der Waals surface area contributed by atoms with Crippen molar-refractivity contribution in [3.05, 3.63) is 27.6 Å². The van der Waals surface area contributed by atoms with Gasteiger partial charge >= 0.3 is 0 Å². The van der Waals surface area contributed by atoms with E-state index in [0.29, 0.717) is 5.84 Å². The van der Waals surface area contributed by atoms with E-state index >= 15 is 0 Å². The lowest BCUT2D eigenvalue weighted by Crippen LogP contribution is -2.18. The molecule has 0 bridgehead atoms. The van der Waals surface area contributed by atoms with Crippen molar-refractivity contribution in [3.63, 3.8) is 0 Å². The van der Waals surface area contributed by atoms with Crippen LogP contribution in [0.4, 0.5) is 10.1 Å². The maximum atomic E-state index is 12.8. The highest BCUT2D eigenvalue weighted by Crippen LogP contribution is 2.22. The molecule has 0 aromatic heterocycles. The summed E-state index contributed by atoms with van der Waals surface area (Å²) >= 11 is 2.04. The second kappa shape index (κ2) is 4.72. The van der Waals surface area contributed by atoms with Crippen LogP contribution in [0.1, 0.15) is 13.8 Å². The quantitative estimate of drug-likeness (QED) is 0.509. The van der Waals surface area contributed by atoms with E-state index in [2.05, 4.69) is 4.99 Å². The molecule has 76 valence electrons. The van der Waals surface area contributed by atoms with E-state index in [1.807, 2.05) is 36.4 Å². The lowest BCUT2D eigenvalue weighted by atomic mass is 10.2. The second-order valence-corrected chi connectivity index (χ2v) is 4.45. The first-order valence-electron chi connectivity index (χ1n) is 4.30. The molecule has 0 saturated heterocycles. The Morgan fingerprint density at radius 2 is 2.14 bits per heavy atom. The van der Waals surface area contributed by atoms with E-state index in [0.717, 1.165) is 9.26 Å². The van der Waals surface area contributed by atoms with Gasteiger partial charge in [0.05, 0.1) is 5.69 Å². The number of aliphatic imine (C=N–C) groups is 1. The molecule has 0 heterocycles. The summed E-state index contributed by atoms with van der Waals surface area (Å²) in [5.41, 5.74) is 6.43. The summed E-state index contributed by atoms with van der Waals surface area (Å²) in [6.07, 6.45) is 0. The van der Waals surface area contributed by atoms with Gasteiger partial charge in [0.1, 0.15) is 11.7 Å². The van der Waals surface area contributed by atoms with Crippen LogP contribution in [0, 0.1) is 15.3 Å². The van der Waals surface area contributed by atoms with Crippen LogP contribution in [0.2, 0.25) is 0 Å². The van der Waals surface area contributed by atoms with E-state index in [1.54, 1.807) is 6.07 Å². The largest absolute Gasteiger partial charge is 0.387 e. The second-order valence-electron chi connectivity index (χ2n) is 3.29. The summed E-state index contributed by atoms with van der Waals surface area (Å²) in [5.74, 6) is 0.516. The number of benzene rings is 1. The lowest BCUT2D eigenvalue weighted by molar-refractivity contribution is 0.627. The standard InChI is InChI=1S/C10H12FIN2/c1-6(2)10(13)14-9-4-3-7(11)5-8(9)12/h3-6H,1-2H3,(H2,13,14). The molecule has 0 amide bonds. The molecule has 0 fully saturated rings. The third-order valence-corrected chi connectivity index (χ3v) is 2.61. The van der Waals surface area contributed by atoms with E-state index in [1.165, 1.54) is 12.1 Å². The fourth-order valence-corrected chi connectivity index (χ4v) is 1.44. The first kappa shape index (κ1) is 11.4. The van der Waals surface area contributed by atoms with Gasteiger partial charge in [-0.15, -0.1) is 0 Å². The average molecular weight is 306 g/mol. The zero-order valence-corrected chi connectivity index (χ0v) is 10.2. The predicted octanol–water partition coefficient (Wildman–Crippen LogP) is 3.08. The van der Waals surface area contributed by atoms with Crippen molar-refractivity contribution in [2.24, 2.45) is 16.6 Å². The molecule has 0 aliphatic carbocycles. The Balaban J connectivity index is 3.03. The Hall–Kier alpha value is -0.650. The van der Waals surface area contributed by atoms with Gasteiger partial charge in [-0.2, -0.15) is 0 Å². The molecule has 0 radical (unpaired) electrons. The molecule has 0 spiro atoms. The molecule has 0 aliphatic heterocycles. The number of amidine groups is 1. The normalized spacial score (nSPS) is 12.2. The van der Waals surface area contributed by atoms with Crippen molar-refractivity contribution in [2.75, 3.05) is 0 Å². The van der Waals surface area contributed by atoms with Gasteiger partial charge in [0, 0.05) is 9.49 Å². The van der Waals surface area contributed by atoms with Gasteiger partial charge < -0.3 is 5.73 Å². The summed E-state index contributed by atoms with van der Waals surface area (Å²) < 4.78 is 13.5. The molecule has 0 aliphatic rings. The maximum Gasteiger partial charge on any atom is 0.124 e. The predicted molar refractivity (Wildman–Crippen MR) is 65.2 cm³/mol. The van der Waals surface area contributed by atoms with Crippen molar-refractivity contribution in [1.29, 1.82) is 0 Å². The first-order chi connectivity index (χ1) is 6.50. The van der Waals surface area contributed by atoms with Crippen LogP contribution in [0.3, 0.4) is 0 Å². The van der Waals surface area contributed by atoms with Gasteiger partial charge in [0.15, 0.2) is 0 Å². The molecule has 0 atom stereocenters. The Kier molecular flexibility index (Phi) is 3.86. The van der Waals surface area contributed by atoms with Gasteiger partial charge in [-0.1, -0.05) is 13.8 Å². The first-order valence-corrected chi connectivity index (χ1v) is 5.37. The summed E-state index contributed by atoms with van der Waals surface area (Å²) in [6.45, 7) is 3.93. The summed E-state index contributed by atoms with van der Waals surface area (Å²) in [6, 6.07) is 4.45. The summed E-state index contributed by atoms with van der Waals surface area (Å²) in [7, 11) is 0. The lowest BCUT2D eigenvalue weighted by Gasteiger charge is -2.04. The molecule has 1 rings (SSSR count). The van der Waals surface area contributed by atoms with E-state index in [4.69, 9.17) is 5.73 Å². The Morgan fingerprint density at radius 3 is 2.64 bits per heavy atom. The van der Waals surface area contributed by atoms with Crippen LogP contribution < -0.4 is 5.73 Å². The maximum absolute atomic E-state index is 12.8. The highest BCUT2D eigenvalue weighted by atomic mass is 127. The molecule has 4 heteroatoms. The van der Waals surface area contributed by atoms with Crippen molar-refractivity contribution >= 4 is 34.1 Å². The van der Waals surface area contributed by atoms with Crippen LogP contribution in [0.15, 0.2) is 23.2 Å². The van der Waals surface area contributed by atoms with Gasteiger partial charge in [-0.05, 0) is 40.8 Å². The zero-order chi connectivity index (χ0) is 10.7. The number of halogens is 2. The molecule has 1 aromatic rings. The van der Waals surface area contributed by atoms with Crippen LogP contribution in [-0.2, 0) is 0 Å². The highest BCUT2D eigenvalue weighted by molar-refractivity contribution is 14.1. The van der Waals surface area contributed by atoms with E-state index in [9.17, 15) is 4.39 Å². The molecular weight excluding hydrogens is 294 g/mol. The third-order valence-electron chi connectivity index (χ3n) is 1.75. The molecule has 0 saturated carbocycles. The van der Waals surface area contributed by atoms with Crippen molar-refractivity contribution in [1.82, 2.24) is 0 Å². The van der Waals surface area contributed by atoms with Crippen LogP contribution >= 0.6 is 22.6 Å². The van der Waals surface area contributed by atoms with Crippen molar-refractivity contribution in [2.45, 2.75) is 13.8 Å². The summed E-state index contributed by atoms with van der Waals surface area (Å²) in [4.78, 5) is 4.22. The SMILES string of the molecule is CC(C)C(N)=Nc1ccc(F)cc1I. The summed E-state index contributed by atoms with van der Waals surface area (Å²) in [5, 5.41) is 0. The minimum absolute atomic E-state index is 0.204. The molecule has 1 aromatic carbocycles. The Labute approximate surface area is 96.6 Å². The van der Waals surface area contributed by atoms with Gasteiger partial charge in [0.2, 0.25) is 0 Å². The van der Waals surface area contributed by atoms with Gasteiger partial charge in [0.25, 0.3) is 0 Å². The average Bonchev–Trinajstić information content (AvgIpc) is 2.09. The van der Waals surface area contributed by atoms with Gasteiger partial charge in [-0.3, -0.25) is 0 Å². The fourth-order valence-electron chi connectivity index (χ4n) is 0.840. The highest BCUT2D eigenvalue weighted by Gasteiger charge is 2.03. The number of hydrogen-bond donors (Lipinski definition) is 1.